The lowest BCUT2D eigenvalue weighted by atomic mass is 9.51. The van der Waals surface area contributed by atoms with E-state index in [-0.39, 0.29) is 0 Å². The van der Waals surface area contributed by atoms with Crippen molar-refractivity contribution >= 4 is 0 Å². The first-order valence-corrected chi connectivity index (χ1v) is 5.91. The molecule has 2 bridgehead atoms. The highest BCUT2D eigenvalue weighted by Crippen LogP contribution is 2.56. The van der Waals surface area contributed by atoms with E-state index in [4.69, 9.17) is 4.74 Å². The molecule has 2 atom stereocenters. The summed E-state index contributed by atoms with van der Waals surface area (Å²) < 4.78 is 5.23. The number of hydrogen-bond donors (Lipinski definition) is 0. The quantitative estimate of drug-likeness (QED) is 0.671. The Labute approximate surface area is 116 Å². The number of ether oxygens (including phenoxy) is 1. The predicted octanol–water partition coefficient (Wildman–Crippen LogP) is 1.96. The highest BCUT2D eigenvalue weighted by Gasteiger charge is 2.64. The summed E-state index contributed by atoms with van der Waals surface area (Å²) >= 11 is 0. The molecule has 5 nitrogen and oxygen atoms in total. The average molecular weight is 262 g/mol. The molecular weight excluding hydrogens is 252 g/mol. The second-order valence-corrected chi connectivity index (χ2v) is 4.61. The first-order valence-electron chi connectivity index (χ1n) is 5.91. The van der Waals surface area contributed by atoms with Gasteiger partial charge in [0.2, 0.25) is 0 Å². The zero-order valence-electron chi connectivity index (χ0n) is 10.7. The fraction of sp³-hybridized carbons (Fsp3) is 0.333. The number of nitrogens with zero attached hydrogens (tertiary/aromatic N) is 4. The fourth-order valence-corrected chi connectivity index (χ4v) is 2.80. The van der Waals surface area contributed by atoms with Crippen LogP contribution in [-0.4, -0.2) is 7.11 Å². The van der Waals surface area contributed by atoms with Crippen molar-refractivity contribution in [3.63, 3.8) is 0 Å². The second-order valence-electron chi connectivity index (χ2n) is 4.61. The maximum Gasteiger partial charge on any atom is 0.189 e. The molecule has 0 fully saturated rings. The summed E-state index contributed by atoms with van der Waals surface area (Å²) in [4.78, 5) is 0. The smallest absolute Gasteiger partial charge is 0.189 e. The lowest BCUT2D eigenvalue weighted by molar-refractivity contribution is 0.141. The van der Waals surface area contributed by atoms with Gasteiger partial charge in [-0.25, -0.2) is 0 Å². The van der Waals surface area contributed by atoms with Crippen molar-refractivity contribution in [2.75, 3.05) is 7.11 Å². The van der Waals surface area contributed by atoms with Crippen LogP contribution in [0.15, 0.2) is 36.1 Å². The summed E-state index contributed by atoms with van der Waals surface area (Å²) in [6.07, 6.45) is 8.33. The third-order valence-corrected chi connectivity index (χ3v) is 3.93. The molecule has 0 N–H and O–H groups in total. The molecule has 5 heteroatoms. The second kappa shape index (κ2) is 4.58. The summed E-state index contributed by atoms with van der Waals surface area (Å²) in [5, 5.41) is 38.2. The third kappa shape index (κ3) is 1.33. The van der Waals surface area contributed by atoms with Gasteiger partial charge in [-0.05, 0) is 6.08 Å². The van der Waals surface area contributed by atoms with Gasteiger partial charge in [0.15, 0.2) is 10.8 Å². The normalized spacial score (nSPS) is 27.8. The Morgan fingerprint density at radius 2 is 1.55 bits per heavy atom. The molecule has 0 heterocycles. The lowest BCUT2D eigenvalue weighted by Gasteiger charge is -2.43. The Kier molecular flexibility index (Phi) is 3.07. The van der Waals surface area contributed by atoms with Crippen LogP contribution in [0.2, 0.25) is 0 Å². The van der Waals surface area contributed by atoms with E-state index in [2.05, 4.69) is 0 Å². The molecule has 0 aromatic carbocycles. The lowest BCUT2D eigenvalue weighted by Crippen LogP contribution is -2.50. The van der Waals surface area contributed by atoms with E-state index >= 15 is 0 Å². The van der Waals surface area contributed by atoms with Crippen LogP contribution >= 0.6 is 0 Å². The molecule has 0 saturated heterocycles. The summed E-state index contributed by atoms with van der Waals surface area (Å²) in [7, 11) is 1.43. The molecule has 0 radical (unpaired) electrons. The molecule has 0 aliphatic heterocycles. The van der Waals surface area contributed by atoms with Crippen LogP contribution in [-0.2, 0) is 4.74 Å². The maximum atomic E-state index is 9.58. The molecule has 0 aromatic rings. The van der Waals surface area contributed by atoms with Crippen LogP contribution < -0.4 is 0 Å². The van der Waals surface area contributed by atoms with E-state index in [1.54, 1.807) is 30.4 Å². The highest BCUT2D eigenvalue weighted by molar-refractivity contribution is 5.48. The predicted molar refractivity (Wildman–Crippen MR) is 67.7 cm³/mol. The van der Waals surface area contributed by atoms with Crippen LogP contribution in [0.1, 0.15) is 0 Å². The van der Waals surface area contributed by atoms with E-state index in [0.717, 1.165) is 0 Å². The van der Waals surface area contributed by atoms with Crippen molar-refractivity contribution in [3.8, 4) is 24.3 Å². The molecule has 96 valence electrons. The van der Waals surface area contributed by atoms with Gasteiger partial charge in [-0.2, -0.15) is 21.0 Å². The summed E-state index contributed by atoms with van der Waals surface area (Å²) in [5.41, 5.74) is -3.56. The van der Waals surface area contributed by atoms with Gasteiger partial charge in [-0.3, -0.25) is 0 Å². The molecular formula is C15H10N4O. The molecule has 3 aliphatic rings. The van der Waals surface area contributed by atoms with E-state index in [0.29, 0.717) is 5.76 Å². The minimum Gasteiger partial charge on any atom is -0.500 e. The van der Waals surface area contributed by atoms with Crippen molar-refractivity contribution in [2.24, 2.45) is 22.7 Å². The summed E-state index contributed by atoms with van der Waals surface area (Å²) in [6.45, 7) is 0. The maximum absolute atomic E-state index is 9.58. The van der Waals surface area contributed by atoms with Gasteiger partial charge >= 0.3 is 0 Å². The Hall–Kier alpha value is -3.02. The molecule has 0 amide bonds. The van der Waals surface area contributed by atoms with E-state index in [1.165, 1.54) is 7.11 Å². The standard InChI is InChI=1S/C15H10N4O/c1-20-13-4-2-3-11-5-6-12(13)15(9-18,10-19)14(11,7-16)8-17/h2-6,11-12H,1H3/t11-,12-/m0/s1. The summed E-state index contributed by atoms with van der Waals surface area (Å²) in [5.74, 6) is -0.973. The van der Waals surface area contributed by atoms with Gasteiger partial charge in [-0.15, -0.1) is 0 Å². The van der Waals surface area contributed by atoms with Crippen LogP contribution in [0.5, 0.6) is 0 Å². The van der Waals surface area contributed by atoms with Crippen molar-refractivity contribution in [1.82, 2.24) is 0 Å². The third-order valence-electron chi connectivity index (χ3n) is 3.93. The molecule has 0 aromatic heterocycles. The van der Waals surface area contributed by atoms with Gasteiger partial charge in [0, 0.05) is 5.92 Å². The fourth-order valence-electron chi connectivity index (χ4n) is 2.80. The Morgan fingerprint density at radius 1 is 0.950 bits per heavy atom. The molecule has 3 rings (SSSR count). The van der Waals surface area contributed by atoms with E-state index < -0.39 is 22.7 Å². The first-order chi connectivity index (χ1) is 9.65. The van der Waals surface area contributed by atoms with Crippen molar-refractivity contribution in [2.45, 2.75) is 0 Å². The zero-order valence-corrected chi connectivity index (χ0v) is 10.7. The van der Waals surface area contributed by atoms with Gasteiger partial charge < -0.3 is 4.74 Å². The molecule has 0 unspecified atom stereocenters. The van der Waals surface area contributed by atoms with Crippen LogP contribution in [0.4, 0.5) is 0 Å². The number of hydrogen-bond acceptors (Lipinski definition) is 5. The van der Waals surface area contributed by atoms with Crippen molar-refractivity contribution < 1.29 is 4.74 Å². The van der Waals surface area contributed by atoms with Crippen LogP contribution in [0.25, 0.3) is 0 Å². The van der Waals surface area contributed by atoms with Crippen molar-refractivity contribution in [1.29, 1.82) is 21.0 Å². The Morgan fingerprint density at radius 3 is 2.05 bits per heavy atom. The van der Waals surface area contributed by atoms with Gasteiger partial charge in [-0.1, -0.05) is 24.3 Å². The minimum absolute atomic E-state index is 0.383. The number of nitriles is 4. The zero-order chi connectivity index (χ0) is 14.8. The van der Waals surface area contributed by atoms with Gasteiger partial charge in [0.25, 0.3) is 0 Å². The molecule has 0 spiro atoms. The van der Waals surface area contributed by atoms with Crippen LogP contribution in [0, 0.1) is 68.0 Å². The summed E-state index contributed by atoms with van der Waals surface area (Å²) in [6, 6.07) is 7.65. The Bertz CT molecular complexity index is 659. The monoisotopic (exact) mass is 262 g/mol. The van der Waals surface area contributed by atoms with Gasteiger partial charge in [0.1, 0.15) is 5.76 Å². The first kappa shape index (κ1) is 13.4. The topological polar surface area (TPSA) is 104 Å². The number of rotatable bonds is 1. The number of methoxy groups -OCH3 is 1. The highest BCUT2D eigenvalue weighted by atomic mass is 16.5. The SMILES string of the molecule is COC1=CC=C[C@H]2C=C[C@@H]1C(C#N)(C#N)C2(C#N)C#N. The number of allylic oxidation sites excluding steroid dienone is 5. The van der Waals surface area contributed by atoms with E-state index in [9.17, 15) is 21.0 Å². The Balaban J connectivity index is 2.87. The molecule has 0 saturated carbocycles. The van der Waals surface area contributed by atoms with Crippen molar-refractivity contribution in [3.05, 3.63) is 36.1 Å². The molecule has 20 heavy (non-hydrogen) atoms. The largest absolute Gasteiger partial charge is 0.500 e. The average Bonchev–Trinajstić information content (AvgIpc) is 2.47. The van der Waals surface area contributed by atoms with E-state index in [1.807, 2.05) is 24.3 Å². The minimum atomic E-state index is -1.80. The molecule has 3 aliphatic carbocycles. The van der Waals surface area contributed by atoms with Crippen LogP contribution in [0.3, 0.4) is 0 Å². The number of fused-ring (bicyclic) bond motifs is 2. The van der Waals surface area contributed by atoms with Gasteiger partial charge in [0.05, 0.1) is 37.3 Å².